The molecule has 1 aliphatic rings. The summed E-state index contributed by atoms with van der Waals surface area (Å²) in [5.41, 5.74) is 2.53. The van der Waals surface area contributed by atoms with Crippen LogP contribution in [0.4, 0.5) is 5.82 Å². The fourth-order valence-corrected chi connectivity index (χ4v) is 3.92. The zero-order valence-electron chi connectivity index (χ0n) is 19.3. The number of fused-ring (bicyclic) bond motifs is 1. The lowest BCUT2D eigenvalue weighted by Gasteiger charge is -2.20. The van der Waals surface area contributed by atoms with Gasteiger partial charge in [0.05, 0.1) is 25.7 Å². The van der Waals surface area contributed by atoms with Crippen LogP contribution in [0.15, 0.2) is 59.6 Å². The molecule has 0 fully saturated rings. The van der Waals surface area contributed by atoms with Gasteiger partial charge in [0, 0.05) is 33.8 Å². The number of rotatable bonds is 8. The Balaban J connectivity index is 1.65. The van der Waals surface area contributed by atoms with E-state index in [0.29, 0.717) is 35.0 Å². The Kier molecular flexibility index (Phi) is 7.16. The first-order valence-corrected chi connectivity index (χ1v) is 11.5. The predicted octanol–water partition coefficient (Wildman–Crippen LogP) is 5.38. The van der Waals surface area contributed by atoms with Crippen LogP contribution in [-0.4, -0.2) is 34.8 Å². The molecule has 4 rings (SSSR count). The highest BCUT2D eigenvalue weighted by Crippen LogP contribution is 2.36. The largest absolute Gasteiger partial charge is 0.457 e. The molecule has 1 N–H and O–H groups in total. The summed E-state index contributed by atoms with van der Waals surface area (Å²) in [6, 6.07) is 14.1. The lowest BCUT2D eigenvalue weighted by Crippen LogP contribution is -2.30. The van der Waals surface area contributed by atoms with Crippen LogP contribution in [0, 0.1) is 6.92 Å². The molecule has 0 atom stereocenters. The first-order chi connectivity index (χ1) is 16.4. The Morgan fingerprint density at radius 3 is 2.56 bits per heavy atom. The summed E-state index contributed by atoms with van der Waals surface area (Å²) in [4.78, 5) is 37.5. The Bertz CT molecular complexity index is 1200. The number of aromatic nitrogens is 1. The SMILES string of the molecule is COOSc1ccc(Oc2cc(C(=O)Nc3ccc(C)cn3)cc3c2CN(C(C)C)C3=O)cc1. The highest BCUT2D eigenvalue weighted by Gasteiger charge is 2.33. The molecule has 9 heteroatoms. The number of amides is 2. The van der Waals surface area contributed by atoms with Crippen molar-refractivity contribution in [3.63, 3.8) is 0 Å². The number of nitrogens with one attached hydrogen (secondary N) is 1. The fourth-order valence-electron chi connectivity index (χ4n) is 3.53. The molecule has 2 aromatic carbocycles. The predicted molar refractivity (Wildman–Crippen MR) is 129 cm³/mol. The number of carbonyl (C=O) groups is 2. The summed E-state index contributed by atoms with van der Waals surface area (Å²) >= 11 is 1.08. The van der Waals surface area contributed by atoms with E-state index in [1.54, 1.807) is 41.4 Å². The second-order valence-corrected chi connectivity index (χ2v) is 8.87. The van der Waals surface area contributed by atoms with Crippen LogP contribution in [0.3, 0.4) is 0 Å². The quantitative estimate of drug-likeness (QED) is 0.263. The molecule has 0 saturated carbocycles. The van der Waals surface area contributed by atoms with E-state index in [4.69, 9.17) is 9.07 Å². The van der Waals surface area contributed by atoms with Crippen LogP contribution in [0.2, 0.25) is 0 Å². The van der Waals surface area contributed by atoms with E-state index < -0.39 is 0 Å². The Morgan fingerprint density at radius 2 is 1.91 bits per heavy atom. The van der Waals surface area contributed by atoms with Crippen LogP contribution in [-0.2, 0) is 15.8 Å². The van der Waals surface area contributed by atoms with Crippen molar-refractivity contribution in [2.24, 2.45) is 0 Å². The van der Waals surface area contributed by atoms with Crippen LogP contribution in [0.1, 0.15) is 45.7 Å². The van der Waals surface area contributed by atoms with Crippen molar-refractivity contribution < 1.29 is 23.5 Å². The van der Waals surface area contributed by atoms with Gasteiger partial charge in [0.25, 0.3) is 11.8 Å². The maximum atomic E-state index is 13.1. The average Bonchev–Trinajstić information content (AvgIpc) is 3.17. The van der Waals surface area contributed by atoms with Gasteiger partial charge in [-0.25, -0.2) is 9.87 Å². The van der Waals surface area contributed by atoms with Crippen LogP contribution < -0.4 is 10.1 Å². The van der Waals surface area contributed by atoms with E-state index in [0.717, 1.165) is 28.1 Å². The van der Waals surface area contributed by atoms with E-state index in [1.807, 2.05) is 39.0 Å². The number of ether oxygens (including phenoxy) is 1. The Morgan fingerprint density at radius 1 is 1.15 bits per heavy atom. The van der Waals surface area contributed by atoms with Crippen LogP contribution in [0.25, 0.3) is 0 Å². The van der Waals surface area contributed by atoms with Crippen molar-refractivity contribution in [3.05, 3.63) is 77.0 Å². The first-order valence-electron chi connectivity index (χ1n) is 10.7. The summed E-state index contributed by atoms with van der Waals surface area (Å²) in [6.07, 6.45) is 1.68. The van der Waals surface area contributed by atoms with E-state index in [2.05, 4.69) is 15.2 Å². The van der Waals surface area contributed by atoms with Gasteiger partial charge in [-0.1, -0.05) is 6.07 Å². The number of anilines is 1. The van der Waals surface area contributed by atoms with E-state index in [-0.39, 0.29) is 17.9 Å². The number of hydrogen-bond acceptors (Lipinski definition) is 7. The second-order valence-electron chi connectivity index (χ2n) is 8.09. The molecular formula is C25H25N3O5S. The zero-order chi connectivity index (χ0) is 24.2. The molecule has 0 unspecified atom stereocenters. The summed E-state index contributed by atoms with van der Waals surface area (Å²) in [5.74, 6) is 0.964. The van der Waals surface area contributed by atoms with Gasteiger partial charge < -0.3 is 15.0 Å². The minimum absolute atomic E-state index is 0.0128. The van der Waals surface area contributed by atoms with Crippen LogP contribution in [0.5, 0.6) is 11.5 Å². The molecule has 3 aromatic rings. The highest BCUT2D eigenvalue weighted by molar-refractivity contribution is 7.94. The molecule has 8 nitrogen and oxygen atoms in total. The maximum Gasteiger partial charge on any atom is 0.256 e. The van der Waals surface area contributed by atoms with Gasteiger partial charge in [0.2, 0.25) is 0 Å². The summed E-state index contributed by atoms with van der Waals surface area (Å²) in [7, 11) is 1.44. The molecule has 0 saturated heterocycles. The standard InChI is InChI=1S/C25H25N3O5S/c1-15(2)28-14-21-20(25(28)30)11-17(24(29)27-23-10-5-16(3)13-26-23)12-22(21)32-18-6-8-19(9-7-18)34-33-31-4/h5-13,15H,14H2,1-4H3,(H,26,27,29). The summed E-state index contributed by atoms with van der Waals surface area (Å²) in [6.45, 7) is 6.25. The van der Waals surface area contributed by atoms with Crippen molar-refractivity contribution in [2.75, 3.05) is 12.4 Å². The summed E-state index contributed by atoms with van der Waals surface area (Å²) < 4.78 is 11.0. The molecular weight excluding hydrogens is 454 g/mol. The molecule has 1 aromatic heterocycles. The van der Waals surface area contributed by atoms with Gasteiger partial charge in [-0.05, 0) is 68.8 Å². The number of aryl methyl sites for hydroxylation is 1. The molecule has 0 aliphatic carbocycles. The van der Waals surface area contributed by atoms with Crippen molar-refractivity contribution in [2.45, 2.75) is 38.3 Å². The molecule has 176 valence electrons. The third kappa shape index (κ3) is 5.22. The molecule has 1 aliphatic heterocycles. The van der Waals surface area contributed by atoms with Crippen molar-refractivity contribution in [1.82, 2.24) is 9.88 Å². The van der Waals surface area contributed by atoms with Gasteiger partial charge in [-0.3, -0.25) is 9.59 Å². The lowest BCUT2D eigenvalue weighted by molar-refractivity contribution is -0.160. The van der Waals surface area contributed by atoms with E-state index in [9.17, 15) is 9.59 Å². The van der Waals surface area contributed by atoms with Gasteiger partial charge >= 0.3 is 0 Å². The first kappa shape index (κ1) is 23.7. The third-order valence-electron chi connectivity index (χ3n) is 5.32. The number of benzene rings is 2. The number of pyridine rings is 1. The van der Waals surface area contributed by atoms with Crippen LogP contribution >= 0.6 is 12.0 Å². The Labute approximate surface area is 202 Å². The fraction of sp³-hybridized carbons (Fsp3) is 0.240. The molecule has 2 heterocycles. The maximum absolute atomic E-state index is 13.1. The zero-order valence-corrected chi connectivity index (χ0v) is 20.1. The lowest BCUT2D eigenvalue weighted by atomic mass is 10.0. The molecule has 2 amide bonds. The van der Waals surface area contributed by atoms with E-state index >= 15 is 0 Å². The summed E-state index contributed by atoms with van der Waals surface area (Å²) in [5, 5.41) is 2.78. The Hall–Kier alpha value is -3.40. The average molecular weight is 480 g/mol. The van der Waals surface area contributed by atoms with Gasteiger partial charge in [-0.2, -0.15) is 4.33 Å². The topological polar surface area (TPSA) is 90.0 Å². The monoisotopic (exact) mass is 479 g/mol. The van der Waals surface area contributed by atoms with Gasteiger partial charge in [-0.15, -0.1) is 0 Å². The molecule has 34 heavy (non-hydrogen) atoms. The molecule has 0 spiro atoms. The second kappa shape index (κ2) is 10.3. The molecule has 0 bridgehead atoms. The van der Waals surface area contributed by atoms with Gasteiger partial charge in [0.15, 0.2) is 0 Å². The minimum Gasteiger partial charge on any atom is -0.457 e. The number of nitrogens with zero attached hydrogens (tertiary/aromatic N) is 2. The van der Waals surface area contributed by atoms with Crippen molar-refractivity contribution in [1.29, 1.82) is 0 Å². The highest BCUT2D eigenvalue weighted by atomic mass is 32.2. The number of hydrogen-bond donors (Lipinski definition) is 1. The number of carbonyl (C=O) groups excluding carboxylic acids is 2. The van der Waals surface area contributed by atoms with Crippen molar-refractivity contribution >= 4 is 29.7 Å². The van der Waals surface area contributed by atoms with Crippen molar-refractivity contribution in [3.8, 4) is 11.5 Å². The third-order valence-corrected chi connectivity index (χ3v) is 5.99. The smallest absolute Gasteiger partial charge is 0.256 e. The normalized spacial score (nSPS) is 12.7. The molecule has 0 radical (unpaired) electrons. The van der Waals surface area contributed by atoms with E-state index in [1.165, 1.54) is 7.11 Å². The van der Waals surface area contributed by atoms with Gasteiger partial charge in [0.1, 0.15) is 17.3 Å². The minimum atomic E-state index is -0.372.